The summed E-state index contributed by atoms with van der Waals surface area (Å²) in [6, 6.07) is 3.75. The second kappa shape index (κ2) is 6.32. The van der Waals surface area contributed by atoms with E-state index in [1.807, 2.05) is 0 Å². The summed E-state index contributed by atoms with van der Waals surface area (Å²) in [6.45, 7) is 1.89. The van der Waals surface area contributed by atoms with Crippen LogP contribution >= 0.6 is 0 Å². The summed E-state index contributed by atoms with van der Waals surface area (Å²) < 4.78 is 33.3. The predicted molar refractivity (Wildman–Crippen MR) is 82.7 cm³/mol. The van der Waals surface area contributed by atoms with Gasteiger partial charge in [-0.3, -0.25) is 0 Å². The maximum Gasteiger partial charge on any atom is 0.197 e. The molecule has 7 heteroatoms. The average molecular weight is 333 g/mol. The maximum atomic E-state index is 13.9. The molecule has 126 valence electrons. The normalized spacial score (nSPS) is 21.6. The van der Waals surface area contributed by atoms with Crippen molar-refractivity contribution in [2.45, 2.75) is 31.3 Å². The van der Waals surface area contributed by atoms with Crippen molar-refractivity contribution in [3.63, 3.8) is 0 Å². The van der Waals surface area contributed by atoms with Crippen molar-refractivity contribution >= 4 is 5.71 Å². The zero-order chi connectivity index (χ0) is 16.5. The fourth-order valence-electron chi connectivity index (χ4n) is 3.18. The molecule has 3 heterocycles. The fourth-order valence-corrected chi connectivity index (χ4v) is 3.18. The minimum atomic E-state index is -0.778. The van der Waals surface area contributed by atoms with E-state index < -0.39 is 17.7 Å². The van der Waals surface area contributed by atoms with E-state index in [1.54, 1.807) is 6.26 Å². The Morgan fingerprint density at radius 1 is 1.12 bits per heavy atom. The minimum Gasteiger partial charge on any atom is -0.448 e. The summed E-state index contributed by atoms with van der Waals surface area (Å²) in [7, 11) is 0. The van der Waals surface area contributed by atoms with Crippen molar-refractivity contribution in [1.29, 1.82) is 0 Å². The molecule has 1 aromatic carbocycles. The highest BCUT2D eigenvalue weighted by atomic mass is 19.1. The van der Waals surface area contributed by atoms with Crippen LogP contribution < -0.4 is 5.32 Å². The third-order valence-corrected chi connectivity index (χ3v) is 4.50. The second-order valence-electron chi connectivity index (χ2n) is 6.07. The Morgan fingerprint density at radius 2 is 1.88 bits per heavy atom. The molecule has 0 spiro atoms. The van der Waals surface area contributed by atoms with E-state index in [4.69, 9.17) is 9.25 Å². The van der Waals surface area contributed by atoms with Crippen molar-refractivity contribution in [3.8, 4) is 0 Å². The van der Waals surface area contributed by atoms with Gasteiger partial charge in [-0.25, -0.2) is 13.8 Å². The summed E-state index contributed by atoms with van der Waals surface area (Å²) in [5.41, 5.74) is 1.02. The first-order chi connectivity index (χ1) is 11.7. The van der Waals surface area contributed by atoms with Gasteiger partial charge in [0.25, 0.3) is 0 Å². The first kappa shape index (κ1) is 15.3. The van der Waals surface area contributed by atoms with E-state index in [9.17, 15) is 8.78 Å². The van der Waals surface area contributed by atoms with E-state index in [1.165, 1.54) is 18.2 Å². The highest BCUT2D eigenvalue weighted by molar-refractivity contribution is 5.99. The van der Waals surface area contributed by atoms with Gasteiger partial charge in [-0.05, 0) is 38.1 Å². The molecule has 0 amide bonds. The number of oxazole rings is 1. The van der Waals surface area contributed by atoms with Crippen LogP contribution in [0.1, 0.15) is 48.4 Å². The van der Waals surface area contributed by atoms with Gasteiger partial charge in [-0.2, -0.15) is 0 Å². The minimum absolute atomic E-state index is 0.0988. The molecule has 0 saturated carbocycles. The Kier molecular flexibility index (Phi) is 4.02. The lowest BCUT2D eigenvalue weighted by Gasteiger charge is -2.19. The van der Waals surface area contributed by atoms with E-state index in [0.29, 0.717) is 23.2 Å². The SMILES string of the molecule is Fc1cccc(F)c1C1CC(c2coc(C3CCNCC3)n2)=NO1. The van der Waals surface area contributed by atoms with Crippen LogP contribution in [0.25, 0.3) is 0 Å². The maximum absolute atomic E-state index is 13.9. The molecule has 0 aliphatic carbocycles. The van der Waals surface area contributed by atoms with Gasteiger partial charge in [0, 0.05) is 12.3 Å². The van der Waals surface area contributed by atoms with Crippen molar-refractivity contribution < 1.29 is 18.0 Å². The molecule has 2 aliphatic rings. The third-order valence-electron chi connectivity index (χ3n) is 4.50. The van der Waals surface area contributed by atoms with Crippen molar-refractivity contribution in [3.05, 3.63) is 53.2 Å². The summed E-state index contributed by atoms with van der Waals surface area (Å²) >= 11 is 0. The molecular formula is C17H17F2N3O2. The van der Waals surface area contributed by atoms with E-state index in [2.05, 4.69) is 15.5 Å². The Labute approximate surface area is 137 Å². The first-order valence-electron chi connectivity index (χ1n) is 8.05. The van der Waals surface area contributed by atoms with E-state index in [-0.39, 0.29) is 12.0 Å². The van der Waals surface area contributed by atoms with Crippen LogP contribution in [0.3, 0.4) is 0 Å². The molecular weight excluding hydrogens is 316 g/mol. The largest absolute Gasteiger partial charge is 0.448 e. The standard InChI is InChI=1S/C17H17F2N3O2/c18-11-2-1-3-12(19)16(11)15-8-13(22-24-15)14-9-23-17(21-14)10-4-6-20-7-5-10/h1-3,9-10,15,20H,4-8H2. The Morgan fingerprint density at radius 3 is 2.62 bits per heavy atom. The lowest BCUT2D eigenvalue weighted by Crippen LogP contribution is -2.26. The summed E-state index contributed by atoms with van der Waals surface area (Å²) in [5, 5.41) is 7.25. The molecule has 5 nitrogen and oxygen atoms in total. The molecule has 24 heavy (non-hydrogen) atoms. The number of nitrogens with one attached hydrogen (secondary N) is 1. The number of rotatable bonds is 3. The van der Waals surface area contributed by atoms with Crippen LogP contribution in [-0.4, -0.2) is 23.8 Å². The Hall–Kier alpha value is -2.28. The zero-order valence-electron chi connectivity index (χ0n) is 13.0. The molecule has 1 aromatic heterocycles. The molecule has 1 N–H and O–H groups in total. The quantitative estimate of drug-likeness (QED) is 0.936. The molecule has 1 saturated heterocycles. The molecule has 1 fully saturated rings. The molecule has 4 rings (SSSR count). The van der Waals surface area contributed by atoms with Gasteiger partial charge < -0.3 is 14.6 Å². The summed E-state index contributed by atoms with van der Waals surface area (Å²) in [5.74, 6) is -0.281. The summed E-state index contributed by atoms with van der Waals surface area (Å²) in [4.78, 5) is 9.73. The molecule has 1 unspecified atom stereocenters. The van der Waals surface area contributed by atoms with E-state index >= 15 is 0 Å². The lowest BCUT2D eigenvalue weighted by atomic mass is 9.98. The topological polar surface area (TPSA) is 59.7 Å². The summed E-state index contributed by atoms with van der Waals surface area (Å²) in [6.07, 6.45) is 2.98. The lowest BCUT2D eigenvalue weighted by molar-refractivity contribution is 0.0800. The number of piperidine rings is 1. The van der Waals surface area contributed by atoms with Gasteiger partial charge in [0.05, 0.1) is 5.56 Å². The van der Waals surface area contributed by atoms with Gasteiger partial charge in [0.15, 0.2) is 12.0 Å². The number of hydrogen-bond acceptors (Lipinski definition) is 5. The smallest absolute Gasteiger partial charge is 0.197 e. The second-order valence-corrected chi connectivity index (χ2v) is 6.07. The van der Waals surface area contributed by atoms with Crippen LogP contribution in [0.5, 0.6) is 0 Å². The highest BCUT2D eigenvalue weighted by Crippen LogP contribution is 2.33. The van der Waals surface area contributed by atoms with Crippen LogP contribution in [0.2, 0.25) is 0 Å². The average Bonchev–Trinajstić information content (AvgIpc) is 3.25. The Balaban J connectivity index is 1.50. The monoisotopic (exact) mass is 333 g/mol. The number of halogens is 2. The molecule has 2 aliphatic heterocycles. The van der Waals surface area contributed by atoms with Gasteiger partial charge >= 0.3 is 0 Å². The Bertz CT molecular complexity index is 749. The zero-order valence-corrected chi connectivity index (χ0v) is 13.0. The van der Waals surface area contributed by atoms with E-state index in [0.717, 1.165) is 25.9 Å². The number of nitrogens with zero attached hydrogens (tertiary/aromatic N) is 2. The van der Waals surface area contributed by atoms with Crippen LogP contribution in [0.4, 0.5) is 8.78 Å². The van der Waals surface area contributed by atoms with Gasteiger partial charge in [-0.15, -0.1) is 0 Å². The fraction of sp³-hybridized carbons (Fsp3) is 0.412. The molecule has 2 aromatic rings. The number of oxime groups is 1. The molecule has 0 radical (unpaired) electrons. The molecule has 0 bridgehead atoms. The van der Waals surface area contributed by atoms with Crippen LogP contribution in [0.15, 0.2) is 34.0 Å². The van der Waals surface area contributed by atoms with Gasteiger partial charge in [0.1, 0.15) is 29.3 Å². The third kappa shape index (κ3) is 2.80. The van der Waals surface area contributed by atoms with Crippen molar-refractivity contribution in [2.75, 3.05) is 13.1 Å². The van der Waals surface area contributed by atoms with Crippen molar-refractivity contribution in [2.24, 2.45) is 5.16 Å². The van der Waals surface area contributed by atoms with Gasteiger partial charge in [0.2, 0.25) is 0 Å². The number of aromatic nitrogens is 1. The van der Waals surface area contributed by atoms with Crippen LogP contribution in [-0.2, 0) is 4.84 Å². The predicted octanol–water partition coefficient (Wildman–Crippen LogP) is 3.29. The number of benzene rings is 1. The van der Waals surface area contributed by atoms with Gasteiger partial charge in [-0.1, -0.05) is 11.2 Å². The highest BCUT2D eigenvalue weighted by Gasteiger charge is 2.31. The molecule has 1 atom stereocenters. The van der Waals surface area contributed by atoms with Crippen LogP contribution in [0, 0.1) is 11.6 Å². The number of hydrogen-bond donors (Lipinski definition) is 1. The first-order valence-corrected chi connectivity index (χ1v) is 8.05. The van der Waals surface area contributed by atoms with Crippen molar-refractivity contribution in [1.82, 2.24) is 10.3 Å².